The van der Waals surface area contributed by atoms with Gasteiger partial charge in [0.2, 0.25) is 5.69 Å². The van der Waals surface area contributed by atoms with Crippen LogP contribution in [0.5, 0.6) is 0 Å². The van der Waals surface area contributed by atoms with E-state index in [0.717, 1.165) is 0 Å². The number of benzene rings is 4. The molecule has 0 N–H and O–H groups in total. The Bertz CT molecular complexity index is 1870. The first kappa shape index (κ1) is 19.5. The summed E-state index contributed by atoms with van der Waals surface area (Å²) >= 11 is 1.88. The number of hydrogen-bond acceptors (Lipinski definition) is 1. The molecule has 7 aromatic rings. The molecule has 0 bridgehead atoms. The molecular formula is C31H23N2S+. The number of nitrogens with zero attached hydrogens (tertiary/aromatic N) is 2. The maximum atomic E-state index is 2.40. The number of fused-ring (bicyclic) bond motifs is 5. The van der Waals surface area contributed by atoms with Crippen LogP contribution in [0.25, 0.3) is 58.9 Å². The molecule has 0 radical (unpaired) electrons. The second kappa shape index (κ2) is 7.28. The highest BCUT2D eigenvalue weighted by molar-refractivity contribution is 7.22. The zero-order valence-electron chi connectivity index (χ0n) is 19.1. The molecule has 3 heterocycles. The Hall–Kier alpha value is -3.95. The lowest BCUT2D eigenvalue weighted by Gasteiger charge is -2.08. The zero-order chi connectivity index (χ0) is 22.8. The molecule has 2 nitrogen and oxygen atoms in total. The van der Waals surface area contributed by atoms with Crippen LogP contribution in [0.4, 0.5) is 0 Å². The number of aryl methyl sites for hydroxylation is 2. The van der Waals surface area contributed by atoms with E-state index in [0.29, 0.717) is 0 Å². The van der Waals surface area contributed by atoms with Crippen LogP contribution < -0.4 is 4.57 Å². The van der Waals surface area contributed by atoms with Crippen LogP contribution in [0.1, 0.15) is 5.56 Å². The van der Waals surface area contributed by atoms with Gasteiger partial charge in [-0.3, -0.25) is 0 Å². The molecule has 0 aliphatic carbocycles. The Morgan fingerprint density at radius 3 is 2.15 bits per heavy atom. The lowest BCUT2D eigenvalue weighted by molar-refractivity contribution is -0.659. The average Bonchev–Trinajstić information content (AvgIpc) is 3.36. The van der Waals surface area contributed by atoms with Crippen molar-refractivity contribution in [3.8, 4) is 16.3 Å². The molecule has 34 heavy (non-hydrogen) atoms. The van der Waals surface area contributed by atoms with Gasteiger partial charge in [0.05, 0.1) is 5.52 Å². The van der Waals surface area contributed by atoms with Gasteiger partial charge in [-0.05, 0) is 59.0 Å². The molecule has 3 heteroatoms. The van der Waals surface area contributed by atoms with Gasteiger partial charge in [-0.25, -0.2) is 0 Å². The summed E-state index contributed by atoms with van der Waals surface area (Å²) in [5.41, 5.74) is 6.26. The fourth-order valence-electron chi connectivity index (χ4n) is 5.29. The van der Waals surface area contributed by atoms with Crippen LogP contribution in [-0.4, -0.2) is 4.57 Å². The largest absolute Gasteiger partial charge is 0.304 e. The van der Waals surface area contributed by atoms with E-state index in [-0.39, 0.29) is 0 Å². The van der Waals surface area contributed by atoms with E-state index in [2.05, 4.69) is 126 Å². The summed E-state index contributed by atoms with van der Waals surface area (Å²) in [6, 6.07) is 35.1. The molecule has 7 rings (SSSR count). The third-order valence-electron chi connectivity index (χ3n) is 6.98. The Kier molecular flexibility index (Phi) is 4.18. The van der Waals surface area contributed by atoms with Crippen molar-refractivity contribution in [3.05, 3.63) is 109 Å². The van der Waals surface area contributed by atoms with E-state index in [1.807, 2.05) is 11.3 Å². The lowest BCUT2D eigenvalue weighted by Crippen LogP contribution is -2.30. The van der Waals surface area contributed by atoms with Gasteiger partial charge >= 0.3 is 0 Å². The summed E-state index contributed by atoms with van der Waals surface area (Å²) in [6.45, 7) is 2.25. The molecule has 0 saturated carbocycles. The summed E-state index contributed by atoms with van der Waals surface area (Å²) in [6.07, 6.45) is 2.30. The van der Waals surface area contributed by atoms with Crippen molar-refractivity contribution in [1.29, 1.82) is 0 Å². The highest BCUT2D eigenvalue weighted by atomic mass is 32.1. The summed E-state index contributed by atoms with van der Waals surface area (Å²) in [5.74, 6) is 0. The van der Waals surface area contributed by atoms with Crippen LogP contribution in [0.15, 0.2) is 103 Å². The number of hydrogen-bond donors (Lipinski definition) is 0. The molecule has 0 aliphatic rings. The molecule has 4 aromatic carbocycles. The van der Waals surface area contributed by atoms with Crippen molar-refractivity contribution in [2.45, 2.75) is 6.92 Å². The maximum Gasteiger partial charge on any atom is 0.223 e. The van der Waals surface area contributed by atoms with Gasteiger partial charge in [0.25, 0.3) is 0 Å². The molecular weight excluding hydrogens is 432 g/mol. The van der Waals surface area contributed by atoms with Crippen molar-refractivity contribution in [3.63, 3.8) is 0 Å². The van der Waals surface area contributed by atoms with Gasteiger partial charge in [0.1, 0.15) is 17.4 Å². The van der Waals surface area contributed by atoms with Gasteiger partial charge in [-0.1, -0.05) is 60.7 Å². The first-order valence-electron chi connectivity index (χ1n) is 11.6. The summed E-state index contributed by atoms with van der Waals surface area (Å²) < 4.78 is 6.03. The Balaban J connectivity index is 1.62. The minimum atomic E-state index is 1.18. The second-order valence-electron chi connectivity index (χ2n) is 9.01. The molecule has 162 valence electrons. The topological polar surface area (TPSA) is 8.81 Å². The van der Waals surface area contributed by atoms with E-state index in [4.69, 9.17) is 0 Å². The van der Waals surface area contributed by atoms with E-state index < -0.39 is 0 Å². The van der Waals surface area contributed by atoms with Gasteiger partial charge in [-0.15, -0.1) is 11.3 Å². The zero-order valence-corrected chi connectivity index (χ0v) is 19.9. The van der Waals surface area contributed by atoms with Crippen LogP contribution in [0.3, 0.4) is 0 Å². The normalized spacial score (nSPS) is 11.8. The van der Waals surface area contributed by atoms with E-state index in [1.165, 1.54) is 64.5 Å². The Labute approximate surface area is 201 Å². The van der Waals surface area contributed by atoms with Crippen molar-refractivity contribution >= 4 is 54.0 Å². The van der Waals surface area contributed by atoms with Gasteiger partial charge < -0.3 is 4.57 Å². The maximum absolute atomic E-state index is 2.40. The first-order chi connectivity index (χ1) is 16.7. The van der Waals surface area contributed by atoms with E-state index >= 15 is 0 Å². The minimum Gasteiger partial charge on any atom is -0.304 e. The van der Waals surface area contributed by atoms with Crippen molar-refractivity contribution in [2.24, 2.45) is 7.05 Å². The number of aromatic nitrogens is 2. The molecule has 0 unspecified atom stereocenters. The van der Waals surface area contributed by atoms with Crippen molar-refractivity contribution in [1.82, 2.24) is 4.57 Å². The third kappa shape index (κ3) is 2.77. The number of rotatable bonds is 2. The van der Waals surface area contributed by atoms with Gasteiger partial charge in [0.15, 0.2) is 6.20 Å². The molecule has 0 saturated heterocycles. The number of para-hydroxylation sites is 1. The average molecular weight is 456 g/mol. The molecule has 0 aliphatic heterocycles. The van der Waals surface area contributed by atoms with Crippen molar-refractivity contribution < 1.29 is 4.57 Å². The van der Waals surface area contributed by atoms with Gasteiger partial charge in [0, 0.05) is 27.2 Å². The summed E-state index contributed by atoms with van der Waals surface area (Å²) in [5, 5.41) is 6.46. The van der Waals surface area contributed by atoms with E-state index in [1.54, 1.807) is 0 Å². The monoisotopic (exact) mass is 455 g/mol. The molecule has 0 spiro atoms. The lowest BCUT2D eigenvalue weighted by atomic mass is 10.1. The first-order valence-corrected chi connectivity index (χ1v) is 12.4. The number of thiophene rings is 1. The third-order valence-corrected chi connectivity index (χ3v) is 8.28. The quantitative estimate of drug-likeness (QED) is 0.234. The van der Waals surface area contributed by atoms with Crippen LogP contribution in [-0.2, 0) is 7.05 Å². The smallest absolute Gasteiger partial charge is 0.223 e. The Morgan fingerprint density at radius 2 is 1.35 bits per heavy atom. The van der Waals surface area contributed by atoms with Crippen LogP contribution >= 0.6 is 11.3 Å². The SMILES string of the molecule is Cc1c(-c2cc3c4cc5ccccc5cc4n(-c4ccccc4)c3c[n+]2C)sc2ccccc12. The Morgan fingerprint density at radius 1 is 0.676 bits per heavy atom. The van der Waals surface area contributed by atoms with Crippen LogP contribution in [0, 0.1) is 6.92 Å². The molecule has 3 aromatic heterocycles. The fraction of sp³-hybridized carbons (Fsp3) is 0.0645. The highest BCUT2D eigenvalue weighted by Crippen LogP contribution is 2.40. The predicted octanol–water partition coefficient (Wildman–Crippen LogP) is 7.95. The standard InChI is InChI=1S/C31H23N2S/c1-20-24-14-8-9-15-30(24)34-31(20)28-18-26-25-16-21-10-6-7-11-22(21)17-27(25)33(29(26)19-32(28)2)23-12-4-3-5-13-23/h3-19H,1-2H3/q+1. The second-order valence-corrected chi connectivity index (χ2v) is 10.1. The predicted molar refractivity (Wildman–Crippen MR) is 145 cm³/mol. The van der Waals surface area contributed by atoms with E-state index in [9.17, 15) is 0 Å². The minimum absolute atomic E-state index is 1.18. The summed E-state index contributed by atoms with van der Waals surface area (Å²) in [4.78, 5) is 1.34. The molecule has 0 amide bonds. The van der Waals surface area contributed by atoms with Crippen LogP contribution in [0.2, 0.25) is 0 Å². The highest BCUT2D eigenvalue weighted by Gasteiger charge is 2.22. The van der Waals surface area contributed by atoms with Crippen molar-refractivity contribution in [2.75, 3.05) is 0 Å². The molecule has 0 atom stereocenters. The number of pyridine rings is 1. The molecule has 0 fully saturated rings. The van der Waals surface area contributed by atoms with Gasteiger partial charge in [-0.2, -0.15) is 4.57 Å². The summed E-state index contributed by atoms with van der Waals surface area (Å²) in [7, 11) is 2.17. The fourth-order valence-corrected chi connectivity index (χ4v) is 6.56.